The number of ketones is 2. The molecular weight excluding hydrogens is 599 g/mol. The zero-order chi connectivity index (χ0) is 32.4. The molecule has 0 N–H and O–H groups in total. The van der Waals surface area contributed by atoms with E-state index in [1.807, 2.05) is 0 Å². The molecule has 0 aliphatic heterocycles. The predicted octanol–water partition coefficient (Wildman–Crippen LogP) is 9.99. The Morgan fingerprint density at radius 3 is 1.32 bits per heavy atom. The van der Waals surface area contributed by atoms with E-state index in [1.165, 1.54) is 12.1 Å². The van der Waals surface area contributed by atoms with Gasteiger partial charge in [-0.15, -0.1) is 0 Å². The maximum Gasteiger partial charge on any atom is 0.387 e. The summed E-state index contributed by atoms with van der Waals surface area (Å²) in [6.07, 6.45) is 6.77. The molecule has 8 heteroatoms. The van der Waals surface area contributed by atoms with E-state index in [4.69, 9.17) is 33.0 Å². The molecule has 2 aromatic rings. The van der Waals surface area contributed by atoms with Gasteiger partial charge in [-0.1, -0.05) is 89.7 Å². The first kappa shape index (κ1) is 34.2. The largest absolute Gasteiger partial charge is 0.387 e. The first-order valence-corrected chi connectivity index (χ1v) is 16.4. The van der Waals surface area contributed by atoms with Crippen molar-refractivity contribution >= 4 is 46.7 Å². The van der Waals surface area contributed by atoms with Crippen molar-refractivity contribution in [3.8, 4) is 0 Å². The third kappa shape index (κ3) is 7.74. The first-order chi connectivity index (χ1) is 20.6. The average molecular weight is 644 g/mol. The molecule has 0 heterocycles. The number of Topliss-reactive ketones (excluding diaryl/α,β-unsaturated/α-hetero) is 2. The first-order valence-electron chi connectivity index (χ1n) is 15.7. The van der Waals surface area contributed by atoms with Crippen LogP contribution in [0, 0.1) is 34.5 Å². The minimum atomic E-state index is -1.03. The van der Waals surface area contributed by atoms with Gasteiger partial charge in [-0.05, 0) is 85.5 Å². The summed E-state index contributed by atoms with van der Waals surface area (Å²) in [6.45, 7) is 13.0. The highest BCUT2D eigenvalue weighted by Crippen LogP contribution is 2.43. The van der Waals surface area contributed by atoms with Gasteiger partial charge in [0.2, 0.25) is 0 Å². The minimum absolute atomic E-state index is 0.0568. The fourth-order valence-corrected chi connectivity index (χ4v) is 7.43. The van der Waals surface area contributed by atoms with Crippen LogP contribution in [0.4, 0.5) is 0 Å². The summed E-state index contributed by atoms with van der Waals surface area (Å²) < 4.78 is 0. The van der Waals surface area contributed by atoms with Crippen LogP contribution >= 0.6 is 23.2 Å². The van der Waals surface area contributed by atoms with Gasteiger partial charge >= 0.3 is 11.9 Å². The molecule has 0 saturated heterocycles. The Balaban J connectivity index is 1.51. The topological polar surface area (TPSA) is 86.7 Å². The van der Waals surface area contributed by atoms with Crippen LogP contribution in [-0.4, -0.2) is 23.5 Å². The maximum absolute atomic E-state index is 13.7. The van der Waals surface area contributed by atoms with Crippen LogP contribution < -0.4 is 0 Å². The smallest absolute Gasteiger partial charge is 0.294 e. The number of hydrogen-bond donors (Lipinski definition) is 0. The molecule has 0 aromatic heterocycles. The molecule has 2 fully saturated rings. The van der Waals surface area contributed by atoms with Crippen molar-refractivity contribution < 1.29 is 29.0 Å². The van der Waals surface area contributed by atoms with E-state index in [9.17, 15) is 19.2 Å². The van der Waals surface area contributed by atoms with E-state index in [-0.39, 0.29) is 66.5 Å². The molecule has 4 atom stereocenters. The van der Waals surface area contributed by atoms with Gasteiger partial charge in [-0.25, -0.2) is 19.4 Å². The van der Waals surface area contributed by atoms with E-state index in [1.54, 1.807) is 24.3 Å². The highest BCUT2D eigenvalue weighted by molar-refractivity contribution is 6.35. The van der Waals surface area contributed by atoms with Crippen molar-refractivity contribution in [3.63, 3.8) is 0 Å². The fourth-order valence-electron chi connectivity index (χ4n) is 6.89. The second-order valence-corrected chi connectivity index (χ2v) is 15.5. The molecule has 44 heavy (non-hydrogen) atoms. The number of benzene rings is 2. The minimum Gasteiger partial charge on any atom is -0.294 e. The zero-order valence-corrected chi connectivity index (χ0v) is 28.1. The van der Waals surface area contributed by atoms with Gasteiger partial charge in [0.25, 0.3) is 0 Å². The summed E-state index contributed by atoms with van der Waals surface area (Å²) in [7, 11) is 0. The Bertz CT molecular complexity index is 1310. The van der Waals surface area contributed by atoms with Crippen molar-refractivity contribution in [2.24, 2.45) is 34.5 Å². The number of hydrogen-bond acceptors (Lipinski definition) is 6. The molecule has 2 saturated carbocycles. The van der Waals surface area contributed by atoms with Crippen LogP contribution in [0.25, 0.3) is 0 Å². The molecule has 4 rings (SSSR count). The Labute approximate surface area is 271 Å². The molecule has 2 aromatic carbocycles. The molecule has 238 valence electrons. The summed E-state index contributed by atoms with van der Waals surface area (Å²) in [6, 6.07) is 9.06. The third-order valence-corrected chi connectivity index (χ3v) is 10.3. The Kier molecular flexibility index (Phi) is 10.7. The standard InChI is InChI=1S/C36H44Cl2O6/c1-35(2,3)23-13-7-11-21(19-23)31(39)29-25(15-9-17-27(29)37)33(41)43-44-34(42)26-16-10-18-28(38)30(26)32(40)22-12-8-14-24(20-22)36(4,5)6/h9-10,15-18,21-24H,7-8,11-14,19-20H2,1-6H3. The van der Waals surface area contributed by atoms with Gasteiger partial charge in [0.15, 0.2) is 11.6 Å². The molecule has 2 aliphatic rings. The van der Waals surface area contributed by atoms with Crippen LogP contribution in [-0.2, 0) is 9.78 Å². The van der Waals surface area contributed by atoms with E-state index >= 15 is 0 Å². The van der Waals surface area contributed by atoms with Gasteiger partial charge in [-0.2, -0.15) is 0 Å². The quantitative estimate of drug-likeness (QED) is 0.177. The third-order valence-electron chi connectivity index (χ3n) is 9.69. The number of halogens is 2. The van der Waals surface area contributed by atoms with E-state index < -0.39 is 11.9 Å². The van der Waals surface area contributed by atoms with Crippen molar-refractivity contribution in [1.82, 2.24) is 0 Å². The second-order valence-electron chi connectivity index (χ2n) is 14.6. The summed E-state index contributed by atoms with van der Waals surface area (Å²) >= 11 is 12.9. The van der Waals surface area contributed by atoms with Crippen LogP contribution in [0.1, 0.15) is 134 Å². The lowest BCUT2D eigenvalue weighted by atomic mass is 9.67. The Morgan fingerprint density at radius 1 is 0.614 bits per heavy atom. The van der Waals surface area contributed by atoms with E-state index in [2.05, 4.69) is 41.5 Å². The number of rotatable bonds is 6. The molecule has 2 aliphatic carbocycles. The van der Waals surface area contributed by atoms with Crippen LogP contribution in [0.3, 0.4) is 0 Å². The van der Waals surface area contributed by atoms with Gasteiger partial charge < -0.3 is 0 Å². The van der Waals surface area contributed by atoms with Crippen LogP contribution in [0.5, 0.6) is 0 Å². The van der Waals surface area contributed by atoms with Crippen molar-refractivity contribution in [1.29, 1.82) is 0 Å². The number of carbonyl (C=O) groups excluding carboxylic acids is 4. The lowest BCUT2D eigenvalue weighted by molar-refractivity contribution is -0.187. The molecular formula is C36H44Cl2O6. The predicted molar refractivity (Wildman–Crippen MR) is 172 cm³/mol. The molecule has 0 radical (unpaired) electrons. The van der Waals surface area contributed by atoms with E-state index in [0.717, 1.165) is 25.7 Å². The maximum atomic E-state index is 13.7. The Hall–Kier alpha value is -2.70. The van der Waals surface area contributed by atoms with Crippen molar-refractivity contribution in [3.05, 3.63) is 68.7 Å². The highest BCUT2D eigenvalue weighted by atomic mass is 35.5. The number of carbonyl (C=O) groups is 4. The van der Waals surface area contributed by atoms with Crippen LogP contribution in [0.15, 0.2) is 36.4 Å². The van der Waals surface area contributed by atoms with Gasteiger partial charge in [0, 0.05) is 11.8 Å². The molecule has 4 unspecified atom stereocenters. The summed E-state index contributed by atoms with van der Waals surface area (Å²) in [5.41, 5.74) is 0.0953. The fraction of sp³-hybridized carbons (Fsp3) is 0.556. The molecule has 6 nitrogen and oxygen atoms in total. The van der Waals surface area contributed by atoms with Gasteiger partial charge in [0.05, 0.1) is 32.3 Å². The second kappa shape index (κ2) is 13.7. The van der Waals surface area contributed by atoms with Crippen molar-refractivity contribution in [2.75, 3.05) is 0 Å². The SMILES string of the molecule is CC(C)(C)C1CCCC(C(=O)c2c(Cl)cccc2C(=O)OOC(=O)c2cccc(Cl)c2C(=O)C2CCCC(C(C)(C)C)C2)C1. The molecule has 0 bridgehead atoms. The van der Waals surface area contributed by atoms with Crippen LogP contribution in [0.2, 0.25) is 10.0 Å². The monoisotopic (exact) mass is 642 g/mol. The van der Waals surface area contributed by atoms with E-state index in [0.29, 0.717) is 37.5 Å². The highest BCUT2D eigenvalue weighted by Gasteiger charge is 2.38. The normalized spacial score (nSPS) is 22.6. The summed E-state index contributed by atoms with van der Waals surface area (Å²) in [5, 5.41) is 0.273. The Morgan fingerprint density at radius 2 is 0.977 bits per heavy atom. The summed E-state index contributed by atoms with van der Waals surface area (Å²) in [5.74, 6) is -2.30. The average Bonchev–Trinajstić information content (AvgIpc) is 2.98. The summed E-state index contributed by atoms with van der Waals surface area (Å²) in [4.78, 5) is 63.8. The van der Waals surface area contributed by atoms with Gasteiger partial charge in [0.1, 0.15) is 0 Å². The lowest BCUT2D eigenvalue weighted by Gasteiger charge is -2.37. The lowest BCUT2D eigenvalue weighted by Crippen LogP contribution is -2.31. The zero-order valence-electron chi connectivity index (χ0n) is 26.6. The van der Waals surface area contributed by atoms with Gasteiger partial charge in [-0.3, -0.25) is 9.59 Å². The molecule has 0 amide bonds. The van der Waals surface area contributed by atoms with Crippen molar-refractivity contribution in [2.45, 2.75) is 92.9 Å². The molecule has 0 spiro atoms.